The summed E-state index contributed by atoms with van der Waals surface area (Å²) in [5.41, 5.74) is 3.31. The summed E-state index contributed by atoms with van der Waals surface area (Å²) in [4.78, 5) is 19.8. The first kappa shape index (κ1) is 16.8. The van der Waals surface area contributed by atoms with Gasteiger partial charge in [-0.1, -0.05) is 12.5 Å². The molecule has 0 saturated heterocycles. The van der Waals surface area contributed by atoms with Crippen LogP contribution in [0.3, 0.4) is 0 Å². The number of aryl methyl sites for hydroxylation is 1. The van der Waals surface area contributed by atoms with Crippen LogP contribution in [-0.4, -0.2) is 21.9 Å². The van der Waals surface area contributed by atoms with Gasteiger partial charge in [0.25, 0.3) is 5.91 Å². The number of pyridine rings is 1. The number of halogens is 1. The fourth-order valence-corrected chi connectivity index (χ4v) is 3.97. The molecule has 0 aliphatic heterocycles. The van der Waals surface area contributed by atoms with Crippen molar-refractivity contribution in [2.24, 2.45) is 0 Å². The molecule has 0 bridgehead atoms. The third kappa shape index (κ3) is 3.21. The van der Waals surface area contributed by atoms with Gasteiger partial charge >= 0.3 is 0 Å². The molecule has 1 fully saturated rings. The first-order valence-electron chi connectivity index (χ1n) is 9.10. The Balaban J connectivity index is 1.49. The molecule has 4 rings (SSSR count). The van der Waals surface area contributed by atoms with E-state index in [9.17, 15) is 9.18 Å². The Kier molecular flexibility index (Phi) is 4.45. The van der Waals surface area contributed by atoms with E-state index in [1.165, 1.54) is 11.6 Å². The summed E-state index contributed by atoms with van der Waals surface area (Å²) in [6.07, 6.45) is 7.74. The van der Waals surface area contributed by atoms with Gasteiger partial charge in [-0.15, -0.1) is 0 Å². The lowest BCUT2D eigenvalue weighted by Crippen LogP contribution is -2.38. The molecule has 4 nitrogen and oxygen atoms in total. The van der Waals surface area contributed by atoms with Gasteiger partial charge in [-0.05, 0) is 67.5 Å². The van der Waals surface area contributed by atoms with E-state index < -0.39 is 0 Å². The van der Waals surface area contributed by atoms with E-state index in [0.29, 0.717) is 22.5 Å². The van der Waals surface area contributed by atoms with Gasteiger partial charge in [-0.3, -0.25) is 9.78 Å². The van der Waals surface area contributed by atoms with Crippen molar-refractivity contribution in [3.05, 3.63) is 65.4 Å². The zero-order chi connectivity index (χ0) is 18.1. The van der Waals surface area contributed by atoms with Crippen LogP contribution < -0.4 is 5.32 Å². The van der Waals surface area contributed by atoms with Crippen LogP contribution in [0.5, 0.6) is 0 Å². The van der Waals surface area contributed by atoms with Gasteiger partial charge in [0.1, 0.15) is 11.5 Å². The second kappa shape index (κ2) is 6.90. The third-order valence-electron chi connectivity index (χ3n) is 5.38. The molecule has 0 radical (unpaired) electrons. The molecular formula is C21H22FN3O. The predicted molar refractivity (Wildman–Crippen MR) is 99.7 cm³/mol. The van der Waals surface area contributed by atoms with Crippen molar-refractivity contribution >= 4 is 16.8 Å². The van der Waals surface area contributed by atoms with Crippen LogP contribution in [-0.2, 0) is 0 Å². The number of nitrogens with zero attached hydrogens (tertiary/aromatic N) is 1. The molecule has 26 heavy (non-hydrogen) atoms. The highest BCUT2D eigenvalue weighted by molar-refractivity contribution is 5.99. The highest BCUT2D eigenvalue weighted by Crippen LogP contribution is 2.32. The van der Waals surface area contributed by atoms with Crippen LogP contribution >= 0.6 is 0 Å². The topological polar surface area (TPSA) is 57.8 Å². The molecule has 2 N–H and O–H groups in total. The maximum Gasteiger partial charge on any atom is 0.267 e. The number of hydrogen-bond acceptors (Lipinski definition) is 2. The standard InChI is InChI=1S/C21H22FN3O/c1-13-5-6-18(22)17-12-19(25-20(13)17)21(26)24-16-4-2-3-15(11-16)14-7-9-23-10-8-14/h5-10,12,15-16,25H,2-4,11H2,1H3,(H,24,26)/t15-,16+/m0/s1. The summed E-state index contributed by atoms with van der Waals surface area (Å²) in [6, 6.07) is 9.00. The number of nitrogens with one attached hydrogen (secondary N) is 2. The maximum atomic E-state index is 14.0. The summed E-state index contributed by atoms with van der Waals surface area (Å²) in [7, 11) is 0. The quantitative estimate of drug-likeness (QED) is 0.732. The van der Waals surface area contributed by atoms with Gasteiger partial charge < -0.3 is 10.3 Å². The average molecular weight is 351 g/mol. The van der Waals surface area contributed by atoms with Gasteiger partial charge in [-0.2, -0.15) is 0 Å². The molecule has 3 aromatic rings. The molecule has 2 aromatic heterocycles. The molecule has 1 aromatic carbocycles. The molecule has 0 unspecified atom stereocenters. The third-order valence-corrected chi connectivity index (χ3v) is 5.38. The molecule has 2 heterocycles. The summed E-state index contributed by atoms with van der Waals surface area (Å²) in [5.74, 6) is -0.0313. The zero-order valence-corrected chi connectivity index (χ0v) is 14.8. The van der Waals surface area contributed by atoms with Crippen molar-refractivity contribution in [3.8, 4) is 0 Å². The van der Waals surface area contributed by atoms with E-state index in [0.717, 1.165) is 31.2 Å². The lowest BCUT2D eigenvalue weighted by Gasteiger charge is -2.29. The summed E-state index contributed by atoms with van der Waals surface area (Å²) in [5, 5.41) is 3.59. The van der Waals surface area contributed by atoms with E-state index in [-0.39, 0.29) is 17.8 Å². The number of rotatable bonds is 3. The largest absolute Gasteiger partial charge is 0.350 e. The van der Waals surface area contributed by atoms with Crippen LogP contribution in [0.25, 0.3) is 10.9 Å². The number of hydrogen-bond donors (Lipinski definition) is 2. The summed E-state index contributed by atoms with van der Waals surface area (Å²) in [6.45, 7) is 1.90. The predicted octanol–water partition coefficient (Wildman–Crippen LogP) is 4.47. The first-order chi connectivity index (χ1) is 12.6. The highest BCUT2D eigenvalue weighted by atomic mass is 19.1. The molecule has 134 valence electrons. The zero-order valence-electron chi connectivity index (χ0n) is 14.8. The van der Waals surface area contributed by atoms with E-state index in [1.54, 1.807) is 12.1 Å². The number of amides is 1. The molecule has 2 atom stereocenters. The number of fused-ring (bicyclic) bond motifs is 1. The minimum atomic E-state index is -0.309. The fraction of sp³-hybridized carbons (Fsp3) is 0.333. The van der Waals surface area contributed by atoms with Crippen LogP contribution in [0, 0.1) is 12.7 Å². The number of aromatic amines is 1. The number of benzene rings is 1. The smallest absolute Gasteiger partial charge is 0.267 e. The number of aromatic nitrogens is 2. The molecule has 5 heteroatoms. The number of carbonyl (C=O) groups is 1. The Bertz CT molecular complexity index is 896. The summed E-state index contributed by atoms with van der Waals surface area (Å²) >= 11 is 0. The lowest BCUT2D eigenvalue weighted by molar-refractivity contribution is 0.0921. The van der Waals surface area contributed by atoms with Crippen molar-refractivity contribution in [3.63, 3.8) is 0 Å². The highest BCUT2D eigenvalue weighted by Gasteiger charge is 2.25. The van der Waals surface area contributed by atoms with Crippen molar-refractivity contribution in [1.29, 1.82) is 0 Å². The molecule has 1 aliphatic rings. The van der Waals surface area contributed by atoms with Crippen LogP contribution in [0.4, 0.5) is 4.39 Å². The summed E-state index contributed by atoms with van der Waals surface area (Å²) < 4.78 is 14.0. The van der Waals surface area contributed by atoms with Crippen molar-refractivity contribution in [2.75, 3.05) is 0 Å². The van der Waals surface area contributed by atoms with Gasteiger partial charge in [0.15, 0.2) is 0 Å². The van der Waals surface area contributed by atoms with Crippen molar-refractivity contribution in [2.45, 2.75) is 44.6 Å². The van der Waals surface area contributed by atoms with Crippen LogP contribution in [0.2, 0.25) is 0 Å². The minimum absolute atomic E-state index is 0.131. The Hall–Kier alpha value is -2.69. The van der Waals surface area contributed by atoms with Crippen LogP contribution in [0.1, 0.15) is 53.2 Å². The van der Waals surface area contributed by atoms with Gasteiger partial charge in [-0.25, -0.2) is 4.39 Å². The second-order valence-electron chi connectivity index (χ2n) is 7.15. The van der Waals surface area contributed by atoms with Crippen molar-refractivity contribution in [1.82, 2.24) is 15.3 Å². The molecule has 1 amide bonds. The minimum Gasteiger partial charge on any atom is -0.350 e. The van der Waals surface area contributed by atoms with Crippen LogP contribution in [0.15, 0.2) is 42.7 Å². The molecule has 1 saturated carbocycles. The number of carbonyl (C=O) groups excluding carboxylic acids is 1. The lowest BCUT2D eigenvalue weighted by atomic mass is 9.81. The maximum absolute atomic E-state index is 14.0. The molecular weight excluding hydrogens is 329 g/mol. The van der Waals surface area contributed by atoms with E-state index in [2.05, 4.69) is 27.4 Å². The number of H-pyrrole nitrogens is 1. The Morgan fingerprint density at radius 3 is 2.81 bits per heavy atom. The van der Waals surface area contributed by atoms with Crippen molar-refractivity contribution < 1.29 is 9.18 Å². The van der Waals surface area contributed by atoms with E-state index in [4.69, 9.17) is 0 Å². The van der Waals surface area contributed by atoms with E-state index in [1.807, 2.05) is 19.3 Å². The Morgan fingerprint density at radius 1 is 1.23 bits per heavy atom. The first-order valence-corrected chi connectivity index (χ1v) is 9.10. The fourth-order valence-electron chi connectivity index (χ4n) is 3.97. The Morgan fingerprint density at radius 2 is 2.04 bits per heavy atom. The van der Waals surface area contributed by atoms with Gasteiger partial charge in [0.2, 0.25) is 0 Å². The monoisotopic (exact) mass is 351 g/mol. The normalized spacial score (nSPS) is 20.2. The Labute approximate surface area is 151 Å². The average Bonchev–Trinajstić information content (AvgIpc) is 3.13. The van der Waals surface area contributed by atoms with Gasteiger partial charge in [0, 0.05) is 23.8 Å². The molecule has 0 spiro atoms. The van der Waals surface area contributed by atoms with Gasteiger partial charge in [0.05, 0.1) is 5.52 Å². The SMILES string of the molecule is Cc1ccc(F)c2cc(C(=O)N[C@@H]3CCC[C@H](c4ccncc4)C3)[nH]c12. The molecule has 1 aliphatic carbocycles. The van der Waals surface area contributed by atoms with E-state index >= 15 is 0 Å². The second-order valence-corrected chi connectivity index (χ2v) is 7.15.